The maximum atomic E-state index is 5.71. The molecule has 0 spiro atoms. The molecule has 1 aliphatic heterocycles. The lowest BCUT2D eigenvalue weighted by Crippen LogP contribution is -2.25. The van der Waals surface area contributed by atoms with Crippen LogP contribution in [-0.4, -0.2) is 13.2 Å². The van der Waals surface area contributed by atoms with Crippen LogP contribution in [0.4, 0.5) is 0 Å². The van der Waals surface area contributed by atoms with Crippen molar-refractivity contribution >= 4 is 15.9 Å². The van der Waals surface area contributed by atoms with Gasteiger partial charge in [-0.1, -0.05) is 6.92 Å². The summed E-state index contributed by atoms with van der Waals surface area (Å²) in [7, 11) is 0. The normalized spacial score (nSPS) is 17.8. The zero-order valence-corrected chi connectivity index (χ0v) is 10.9. The van der Waals surface area contributed by atoms with E-state index in [9.17, 15) is 0 Å². The maximum absolute atomic E-state index is 5.71. The summed E-state index contributed by atoms with van der Waals surface area (Å²) in [6.45, 7) is 3.79. The molecular weight excluding hydrogens is 270 g/mol. The van der Waals surface area contributed by atoms with Crippen LogP contribution in [0.5, 0.6) is 0 Å². The first-order valence-corrected chi connectivity index (χ1v) is 6.41. The average Bonchev–Trinajstić information content (AvgIpc) is 2.73. The first-order valence-electron chi connectivity index (χ1n) is 5.62. The minimum Gasteiger partial charge on any atom is -0.496 e. The average molecular weight is 286 g/mol. The highest BCUT2D eigenvalue weighted by Crippen LogP contribution is 2.31. The summed E-state index contributed by atoms with van der Waals surface area (Å²) in [5.74, 6) is 1.01. The largest absolute Gasteiger partial charge is 0.496 e. The standard InChI is InChI=1S/C12H16BrNO2/c1-2-14-11(9-6-8-16-12(9)13)10-5-3-4-7-15-10/h5-6,8,11,14H,2-4,7H2,1H3. The van der Waals surface area contributed by atoms with E-state index in [1.54, 1.807) is 6.26 Å². The van der Waals surface area contributed by atoms with Crippen molar-refractivity contribution in [3.63, 3.8) is 0 Å². The summed E-state index contributed by atoms with van der Waals surface area (Å²) in [6.07, 6.45) is 6.05. The third-order valence-corrected chi connectivity index (χ3v) is 3.26. The summed E-state index contributed by atoms with van der Waals surface area (Å²) in [4.78, 5) is 0. The van der Waals surface area contributed by atoms with Crippen molar-refractivity contribution in [1.82, 2.24) is 5.32 Å². The van der Waals surface area contributed by atoms with Crippen LogP contribution in [0.1, 0.15) is 31.4 Å². The maximum Gasteiger partial charge on any atom is 0.174 e. The van der Waals surface area contributed by atoms with Crippen LogP contribution < -0.4 is 5.32 Å². The van der Waals surface area contributed by atoms with Crippen LogP contribution in [0.2, 0.25) is 0 Å². The number of furan rings is 1. The Morgan fingerprint density at radius 3 is 3.00 bits per heavy atom. The quantitative estimate of drug-likeness (QED) is 0.921. The molecule has 88 valence electrons. The molecule has 1 aromatic rings. The lowest BCUT2D eigenvalue weighted by atomic mass is 10.1. The molecule has 1 atom stereocenters. The smallest absolute Gasteiger partial charge is 0.174 e. The first kappa shape index (κ1) is 11.7. The second-order valence-corrected chi connectivity index (χ2v) is 4.46. The Morgan fingerprint density at radius 1 is 1.56 bits per heavy atom. The Bertz CT molecular complexity index is 373. The second-order valence-electron chi connectivity index (χ2n) is 3.74. The molecule has 0 aliphatic carbocycles. The molecule has 0 aromatic carbocycles. The van der Waals surface area contributed by atoms with E-state index in [2.05, 4.69) is 34.2 Å². The summed E-state index contributed by atoms with van der Waals surface area (Å²) in [5, 5.41) is 3.41. The van der Waals surface area contributed by atoms with E-state index in [1.807, 2.05) is 6.07 Å². The van der Waals surface area contributed by atoms with E-state index < -0.39 is 0 Å². The molecule has 0 bridgehead atoms. The van der Waals surface area contributed by atoms with E-state index in [0.29, 0.717) is 0 Å². The van der Waals surface area contributed by atoms with Gasteiger partial charge in [-0.05, 0) is 47.5 Å². The van der Waals surface area contributed by atoms with Crippen molar-refractivity contribution in [2.75, 3.05) is 13.2 Å². The number of halogens is 1. The number of allylic oxidation sites excluding steroid dienone is 1. The van der Waals surface area contributed by atoms with Crippen molar-refractivity contribution in [2.24, 2.45) is 0 Å². The van der Waals surface area contributed by atoms with Crippen molar-refractivity contribution in [1.29, 1.82) is 0 Å². The van der Waals surface area contributed by atoms with Gasteiger partial charge >= 0.3 is 0 Å². The molecule has 1 aliphatic rings. The predicted molar refractivity (Wildman–Crippen MR) is 66.1 cm³/mol. The highest BCUT2D eigenvalue weighted by Gasteiger charge is 2.22. The third-order valence-electron chi connectivity index (χ3n) is 2.61. The Morgan fingerprint density at radius 2 is 2.44 bits per heavy atom. The minimum atomic E-state index is 0.0958. The van der Waals surface area contributed by atoms with Crippen molar-refractivity contribution < 1.29 is 9.15 Å². The Balaban J connectivity index is 2.23. The number of hydrogen-bond donors (Lipinski definition) is 1. The molecule has 3 nitrogen and oxygen atoms in total. The highest BCUT2D eigenvalue weighted by atomic mass is 79.9. The topological polar surface area (TPSA) is 34.4 Å². The fourth-order valence-corrected chi connectivity index (χ4v) is 2.33. The molecule has 2 heterocycles. The van der Waals surface area contributed by atoms with E-state index >= 15 is 0 Å². The van der Waals surface area contributed by atoms with E-state index in [4.69, 9.17) is 9.15 Å². The van der Waals surface area contributed by atoms with Crippen molar-refractivity contribution in [3.8, 4) is 0 Å². The lowest BCUT2D eigenvalue weighted by Gasteiger charge is -2.23. The van der Waals surface area contributed by atoms with Crippen LogP contribution in [0.25, 0.3) is 0 Å². The SMILES string of the molecule is CCNC(C1=CCCCO1)c1ccoc1Br. The van der Waals surface area contributed by atoms with Gasteiger partial charge in [-0.2, -0.15) is 0 Å². The van der Waals surface area contributed by atoms with Crippen LogP contribution >= 0.6 is 15.9 Å². The number of nitrogens with one attached hydrogen (secondary N) is 1. The molecule has 0 saturated carbocycles. The Labute approximate surface area is 104 Å². The van der Waals surface area contributed by atoms with E-state index in [0.717, 1.165) is 42.0 Å². The summed E-state index contributed by atoms with van der Waals surface area (Å²) in [5.41, 5.74) is 1.09. The molecule has 1 aromatic heterocycles. The number of rotatable bonds is 4. The van der Waals surface area contributed by atoms with Gasteiger partial charge in [0.05, 0.1) is 18.9 Å². The second kappa shape index (κ2) is 5.55. The van der Waals surface area contributed by atoms with Crippen molar-refractivity contribution in [2.45, 2.75) is 25.8 Å². The lowest BCUT2D eigenvalue weighted by molar-refractivity contribution is 0.167. The van der Waals surface area contributed by atoms with Gasteiger partial charge in [-0.15, -0.1) is 0 Å². The fraction of sp³-hybridized carbons (Fsp3) is 0.500. The molecular formula is C12H16BrNO2. The van der Waals surface area contributed by atoms with Crippen LogP contribution in [0, 0.1) is 0 Å². The van der Waals surface area contributed by atoms with Crippen molar-refractivity contribution in [3.05, 3.63) is 34.4 Å². The molecule has 2 rings (SSSR count). The Hall–Kier alpha value is -0.740. The van der Waals surface area contributed by atoms with Gasteiger partial charge < -0.3 is 14.5 Å². The highest BCUT2D eigenvalue weighted by molar-refractivity contribution is 9.10. The van der Waals surface area contributed by atoms with Gasteiger partial charge in [-0.25, -0.2) is 0 Å². The molecule has 16 heavy (non-hydrogen) atoms. The summed E-state index contributed by atoms with van der Waals surface area (Å²) >= 11 is 3.41. The van der Waals surface area contributed by atoms with E-state index in [-0.39, 0.29) is 6.04 Å². The molecule has 1 N–H and O–H groups in total. The first-order chi connectivity index (χ1) is 7.83. The zero-order valence-electron chi connectivity index (χ0n) is 9.33. The monoisotopic (exact) mass is 285 g/mol. The van der Waals surface area contributed by atoms with Gasteiger partial charge in [0.1, 0.15) is 5.76 Å². The fourth-order valence-electron chi connectivity index (χ4n) is 1.86. The Kier molecular flexibility index (Phi) is 4.07. The van der Waals surface area contributed by atoms with Gasteiger partial charge in [0, 0.05) is 5.56 Å². The summed E-state index contributed by atoms with van der Waals surface area (Å²) < 4.78 is 11.8. The summed E-state index contributed by atoms with van der Waals surface area (Å²) in [6, 6.07) is 2.06. The molecule has 0 radical (unpaired) electrons. The number of likely N-dealkylation sites (N-methyl/N-ethyl adjacent to an activating group) is 1. The molecule has 1 unspecified atom stereocenters. The molecule has 0 saturated heterocycles. The molecule has 0 fully saturated rings. The van der Waals surface area contributed by atoms with Crippen LogP contribution in [0.15, 0.2) is 33.3 Å². The molecule has 4 heteroatoms. The van der Waals surface area contributed by atoms with Gasteiger partial charge in [0.25, 0.3) is 0 Å². The van der Waals surface area contributed by atoms with E-state index in [1.165, 1.54) is 0 Å². The third kappa shape index (κ3) is 2.50. The van der Waals surface area contributed by atoms with Crippen LogP contribution in [0.3, 0.4) is 0 Å². The van der Waals surface area contributed by atoms with Crippen LogP contribution in [-0.2, 0) is 4.74 Å². The minimum absolute atomic E-state index is 0.0958. The number of ether oxygens (including phenoxy) is 1. The van der Waals surface area contributed by atoms with Gasteiger partial charge in [-0.3, -0.25) is 0 Å². The van der Waals surface area contributed by atoms with Gasteiger partial charge in [0.2, 0.25) is 0 Å². The zero-order chi connectivity index (χ0) is 11.4. The number of hydrogen-bond acceptors (Lipinski definition) is 3. The predicted octanol–water partition coefficient (Wildman–Crippen LogP) is 3.39. The molecule has 0 amide bonds. The van der Waals surface area contributed by atoms with Gasteiger partial charge in [0.15, 0.2) is 4.67 Å².